The van der Waals surface area contributed by atoms with Gasteiger partial charge in [-0.1, -0.05) is 6.07 Å². The molecule has 2 aliphatic rings. The lowest BCUT2D eigenvalue weighted by atomic mass is 9.90. The predicted octanol–water partition coefficient (Wildman–Crippen LogP) is 4.19. The smallest absolute Gasteiger partial charge is 0.0579 e. The number of likely N-dealkylation sites (tertiary alicyclic amines) is 1. The fraction of sp³-hybridized carbons (Fsp3) is 0.714. The van der Waals surface area contributed by atoms with Gasteiger partial charge in [0.1, 0.15) is 0 Å². The molecular weight excluding hydrogens is 310 g/mol. The summed E-state index contributed by atoms with van der Waals surface area (Å²) in [5, 5.41) is 3.67. The van der Waals surface area contributed by atoms with Gasteiger partial charge in [-0.3, -0.25) is 0 Å². The van der Waals surface area contributed by atoms with Crippen LogP contribution >= 0.6 is 0 Å². The van der Waals surface area contributed by atoms with Gasteiger partial charge in [-0.25, -0.2) is 0 Å². The maximum Gasteiger partial charge on any atom is 0.0579 e. The van der Waals surface area contributed by atoms with Crippen molar-refractivity contribution in [2.24, 2.45) is 0 Å². The molecule has 140 valence electrons. The van der Waals surface area contributed by atoms with Crippen molar-refractivity contribution in [1.29, 1.82) is 0 Å². The van der Waals surface area contributed by atoms with E-state index in [9.17, 15) is 0 Å². The number of hydrogen-bond donors (Lipinski definition) is 2. The first-order valence-corrected chi connectivity index (χ1v) is 10.0. The summed E-state index contributed by atoms with van der Waals surface area (Å²) in [5.41, 5.74) is 9.33. The fourth-order valence-corrected chi connectivity index (χ4v) is 4.36. The minimum absolute atomic E-state index is 0.359. The van der Waals surface area contributed by atoms with E-state index < -0.39 is 0 Å². The highest BCUT2D eigenvalue weighted by atomic mass is 16.5. The van der Waals surface area contributed by atoms with Gasteiger partial charge < -0.3 is 20.7 Å². The maximum absolute atomic E-state index is 6.11. The molecule has 0 aromatic heterocycles. The molecule has 0 bridgehead atoms. The van der Waals surface area contributed by atoms with Crippen LogP contribution in [0, 0.1) is 6.92 Å². The first-order chi connectivity index (χ1) is 12.0. The van der Waals surface area contributed by atoms with Crippen molar-refractivity contribution >= 4 is 11.4 Å². The van der Waals surface area contributed by atoms with Crippen molar-refractivity contribution in [3.05, 3.63) is 23.8 Å². The lowest BCUT2D eigenvalue weighted by Crippen LogP contribution is -2.46. The number of nitrogens with two attached hydrogens (primary N) is 1. The van der Waals surface area contributed by atoms with Crippen molar-refractivity contribution in [3.8, 4) is 0 Å². The Kier molecular flexibility index (Phi) is 6.24. The molecule has 3 N–H and O–H groups in total. The van der Waals surface area contributed by atoms with E-state index in [1.54, 1.807) is 0 Å². The molecule has 0 atom stereocenters. The number of nitrogen functional groups attached to an aromatic ring is 1. The van der Waals surface area contributed by atoms with Gasteiger partial charge in [0.05, 0.1) is 23.6 Å². The normalized spacial score (nSPS) is 26.1. The van der Waals surface area contributed by atoms with Crippen LogP contribution in [0.3, 0.4) is 0 Å². The zero-order chi connectivity index (χ0) is 17.8. The topological polar surface area (TPSA) is 50.5 Å². The quantitative estimate of drug-likeness (QED) is 0.786. The number of rotatable bonds is 5. The van der Waals surface area contributed by atoms with Crippen LogP contribution in [0.2, 0.25) is 0 Å². The molecule has 1 aromatic carbocycles. The standard InChI is InChI=1S/C21H35N3O/c1-15(2)25-19-7-5-18(6-8-19)24-12-10-17(11-13-24)23-21-14-16(3)4-9-20(21)22/h4,9,14-15,17-19,23H,5-8,10-13,22H2,1-3H3/t18-,19-. The molecule has 1 heterocycles. The fourth-order valence-electron chi connectivity index (χ4n) is 4.36. The lowest BCUT2D eigenvalue weighted by molar-refractivity contribution is -0.0280. The molecule has 0 amide bonds. The van der Waals surface area contributed by atoms with Crippen LogP contribution in [0.1, 0.15) is 57.9 Å². The van der Waals surface area contributed by atoms with Crippen LogP contribution in [-0.4, -0.2) is 42.3 Å². The number of piperidine rings is 1. The summed E-state index contributed by atoms with van der Waals surface area (Å²) >= 11 is 0. The van der Waals surface area contributed by atoms with Gasteiger partial charge in [-0.05, 0) is 77.0 Å². The second-order valence-corrected chi connectivity index (χ2v) is 8.16. The van der Waals surface area contributed by atoms with E-state index in [0.717, 1.165) is 17.4 Å². The Labute approximate surface area is 153 Å². The third-order valence-corrected chi connectivity index (χ3v) is 5.72. The van der Waals surface area contributed by atoms with E-state index in [0.29, 0.717) is 18.2 Å². The highest BCUT2D eigenvalue weighted by molar-refractivity contribution is 5.67. The Bertz CT molecular complexity index is 544. The number of ether oxygens (including phenoxy) is 1. The average molecular weight is 346 g/mol. The summed E-state index contributed by atoms with van der Waals surface area (Å²) in [5.74, 6) is 0. The zero-order valence-corrected chi connectivity index (χ0v) is 16.1. The number of nitrogens with zero attached hydrogens (tertiary/aromatic N) is 1. The Morgan fingerprint density at radius 2 is 1.76 bits per heavy atom. The molecule has 0 radical (unpaired) electrons. The van der Waals surface area contributed by atoms with Crippen LogP contribution in [0.4, 0.5) is 11.4 Å². The Morgan fingerprint density at radius 3 is 2.40 bits per heavy atom. The van der Waals surface area contributed by atoms with Gasteiger partial charge in [0.25, 0.3) is 0 Å². The highest BCUT2D eigenvalue weighted by Crippen LogP contribution is 2.29. The van der Waals surface area contributed by atoms with Gasteiger partial charge in [0, 0.05) is 25.2 Å². The molecule has 1 aliphatic heterocycles. The third-order valence-electron chi connectivity index (χ3n) is 5.72. The van der Waals surface area contributed by atoms with Gasteiger partial charge in [0.15, 0.2) is 0 Å². The molecule has 2 fully saturated rings. The van der Waals surface area contributed by atoms with E-state index in [1.165, 1.54) is 57.2 Å². The van der Waals surface area contributed by atoms with Crippen LogP contribution in [0.5, 0.6) is 0 Å². The van der Waals surface area contributed by atoms with Gasteiger partial charge in [-0.2, -0.15) is 0 Å². The summed E-state index contributed by atoms with van der Waals surface area (Å²) in [4.78, 5) is 2.71. The van der Waals surface area contributed by atoms with Crippen LogP contribution in [-0.2, 0) is 4.74 Å². The van der Waals surface area contributed by atoms with Crippen molar-refractivity contribution in [2.75, 3.05) is 24.1 Å². The Hall–Kier alpha value is -1.26. The minimum Gasteiger partial charge on any atom is -0.397 e. The minimum atomic E-state index is 0.359. The molecule has 25 heavy (non-hydrogen) atoms. The largest absolute Gasteiger partial charge is 0.397 e. The number of hydrogen-bond acceptors (Lipinski definition) is 4. The predicted molar refractivity (Wildman–Crippen MR) is 106 cm³/mol. The van der Waals surface area contributed by atoms with E-state index in [4.69, 9.17) is 10.5 Å². The zero-order valence-electron chi connectivity index (χ0n) is 16.1. The van der Waals surface area contributed by atoms with E-state index >= 15 is 0 Å². The third kappa shape index (κ3) is 5.11. The monoisotopic (exact) mass is 345 g/mol. The number of benzene rings is 1. The summed E-state index contributed by atoms with van der Waals surface area (Å²) < 4.78 is 5.99. The summed E-state index contributed by atoms with van der Waals surface area (Å²) in [6, 6.07) is 7.54. The van der Waals surface area contributed by atoms with Gasteiger partial charge in [0.2, 0.25) is 0 Å². The van der Waals surface area contributed by atoms with Crippen molar-refractivity contribution in [2.45, 2.75) is 83.6 Å². The van der Waals surface area contributed by atoms with E-state index in [2.05, 4.69) is 43.1 Å². The Balaban J connectivity index is 1.44. The average Bonchev–Trinajstić information content (AvgIpc) is 2.59. The molecular formula is C21H35N3O. The van der Waals surface area contributed by atoms with Crippen molar-refractivity contribution in [1.82, 2.24) is 4.90 Å². The van der Waals surface area contributed by atoms with Gasteiger partial charge in [-0.15, -0.1) is 0 Å². The maximum atomic E-state index is 6.11. The number of aryl methyl sites for hydroxylation is 1. The second-order valence-electron chi connectivity index (χ2n) is 8.16. The summed E-state index contributed by atoms with van der Waals surface area (Å²) in [6.45, 7) is 8.80. The molecule has 0 spiro atoms. The van der Waals surface area contributed by atoms with Crippen LogP contribution in [0.15, 0.2) is 18.2 Å². The van der Waals surface area contributed by atoms with E-state index in [-0.39, 0.29) is 0 Å². The molecule has 4 heteroatoms. The first kappa shape index (κ1) is 18.5. The molecule has 0 unspecified atom stereocenters. The molecule has 1 saturated carbocycles. The highest BCUT2D eigenvalue weighted by Gasteiger charge is 2.29. The summed E-state index contributed by atoms with van der Waals surface area (Å²) in [7, 11) is 0. The second kappa shape index (κ2) is 8.41. The SMILES string of the molecule is Cc1ccc(N)c(NC2CCN([C@H]3CC[C@H](OC(C)C)CC3)CC2)c1. The van der Waals surface area contributed by atoms with Crippen molar-refractivity contribution in [3.63, 3.8) is 0 Å². The van der Waals surface area contributed by atoms with Gasteiger partial charge >= 0.3 is 0 Å². The lowest BCUT2D eigenvalue weighted by Gasteiger charge is -2.41. The van der Waals surface area contributed by atoms with Crippen molar-refractivity contribution < 1.29 is 4.74 Å². The molecule has 1 aliphatic carbocycles. The molecule has 1 aromatic rings. The Morgan fingerprint density at radius 1 is 1.08 bits per heavy atom. The number of nitrogens with one attached hydrogen (secondary N) is 1. The molecule has 4 nitrogen and oxygen atoms in total. The molecule has 3 rings (SSSR count). The van der Waals surface area contributed by atoms with E-state index in [1.807, 2.05) is 6.07 Å². The summed E-state index contributed by atoms with van der Waals surface area (Å²) in [6.07, 6.45) is 8.28. The first-order valence-electron chi connectivity index (χ1n) is 10.0. The number of anilines is 2. The van der Waals surface area contributed by atoms with Crippen LogP contribution in [0.25, 0.3) is 0 Å². The van der Waals surface area contributed by atoms with Crippen LogP contribution < -0.4 is 11.1 Å². The molecule has 1 saturated heterocycles.